The second-order valence-corrected chi connectivity index (χ2v) is 16.8. The van der Waals surface area contributed by atoms with Crippen LogP contribution in [0.5, 0.6) is 0 Å². The number of alkyl halides is 1. The third-order valence-corrected chi connectivity index (χ3v) is 11.6. The van der Waals surface area contributed by atoms with Gasteiger partial charge in [-0.2, -0.15) is 0 Å². The maximum atomic E-state index is 16.1. The Labute approximate surface area is 271 Å². The van der Waals surface area contributed by atoms with Crippen LogP contribution in [0.25, 0.3) is 21.5 Å². The van der Waals surface area contributed by atoms with E-state index in [4.69, 9.17) is 55.6 Å². The number of methoxy groups -OCH3 is 1. The first-order chi connectivity index (χ1) is 21.9. The number of aromatic nitrogens is 7. The summed E-state index contributed by atoms with van der Waals surface area (Å²) in [7, 11) is 1.31. The SMILES string of the molecule is CO[C@H]1[C@H]2OP(=O)(S)OC[C@H]3O[C@@H](n4cnc5c(N)ncnc54)[C@H](F)[C@@H]3OP(O)(=S)OC[C@H]1O[C@H]2n1c(=O)sc2c(N)ncnc21. The molecule has 0 spiro atoms. The Kier molecular flexibility index (Phi) is 8.44. The fourth-order valence-electron chi connectivity index (χ4n) is 5.48. The van der Waals surface area contributed by atoms with Crippen LogP contribution in [0.1, 0.15) is 12.5 Å². The molecule has 2 bridgehead atoms. The van der Waals surface area contributed by atoms with Crippen molar-refractivity contribution in [2.24, 2.45) is 0 Å². The fourth-order valence-corrected chi connectivity index (χ4v) is 9.23. The van der Waals surface area contributed by atoms with E-state index in [0.29, 0.717) is 0 Å². The third kappa shape index (κ3) is 5.66. The number of thiol groups is 1. The monoisotopic (exact) mass is 739 g/mol. The Morgan fingerprint density at radius 3 is 2.50 bits per heavy atom. The van der Waals surface area contributed by atoms with E-state index >= 15 is 4.39 Å². The van der Waals surface area contributed by atoms with Crippen LogP contribution < -0.4 is 16.3 Å². The molecular formula is C21H24FN9O10P2S3. The summed E-state index contributed by atoms with van der Waals surface area (Å²) in [5.74, 6) is 0.119. The number of nitrogens with zero attached hydrogens (tertiary/aromatic N) is 7. The highest BCUT2D eigenvalue weighted by atomic mass is 32.7. The van der Waals surface area contributed by atoms with Gasteiger partial charge in [0, 0.05) is 7.11 Å². The number of hydrogen-bond donors (Lipinski definition) is 4. The minimum Gasteiger partial charge on any atom is -0.382 e. The Balaban J connectivity index is 1.23. The molecule has 5 N–H and O–H groups in total. The number of nitrogen functional groups attached to an aromatic ring is 2. The zero-order valence-corrected chi connectivity index (χ0v) is 27.5. The summed E-state index contributed by atoms with van der Waals surface area (Å²) in [4.78, 5) is 43.8. The summed E-state index contributed by atoms with van der Waals surface area (Å²) in [5.41, 5.74) is 12.3. The van der Waals surface area contributed by atoms with E-state index in [1.165, 1.54) is 24.3 Å². The molecule has 3 aliphatic heterocycles. The number of anilines is 2. The average molecular weight is 740 g/mol. The smallest absolute Gasteiger partial charge is 0.382 e. The van der Waals surface area contributed by atoms with Gasteiger partial charge in [-0.3, -0.25) is 27.5 Å². The predicted octanol–water partition coefficient (Wildman–Crippen LogP) is 1.08. The van der Waals surface area contributed by atoms with Crippen LogP contribution in [-0.4, -0.2) is 96.0 Å². The number of imidazole rings is 1. The Bertz CT molecular complexity index is 1970. The van der Waals surface area contributed by atoms with Gasteiger partial charge < -0.3 is 35.1 Å². The number of nitrogens with two attached hydrogens (primary N) is 2. The molecule has 0 radical (unpaired) electrons. The highest BCUT2D eigenvalue weighted by Gasteiger charge is 2.54. The standard InChI is InChI=1S/C21H24FN9O10P2S3/c1-35-12-8-3-37-42(33,44)40-11-7(38-19(9(11)22)30-6-29-10-15(23)25-4-27-17(10)30)2-36-43(34,45)41-13(12)20(39-8)31-18-14(46-21(31)32)16(24)26-5-28-18/h4-9,11-13,19-20H,2-3H2,1H3,(H,33,44)(H,34,45)(H2,23,25,27)(H2,24,26,28)/t7-,8-,9-,11-,12-,13-,19-,20-,42?,43?/m1/s1. The van der Waals surface area contributed by atoms with Gasteiger partial charge in [0.05, 0.1) is 19.5 Å². The molecule has 46 heavy (non-hydrogen) atoms. The minimum absolute atomic E-state index is 0.0585. The van der Waals surface area contributed by atoms with E-state index in [9.17, 15) is 14.3 Å². The molecule has 4 aromatic heterocycles. The molecule has 7 rings (SSSR count). The van der Waals surface area contributed by atoms with E-state index in [0.717, 1.165) is 22.2 Å². The van der Waals surface area contributed by atoms with E-state index in [-0.39, 0.29) is 33.1 Å². The third-order valence-electron chi connectivity index (χ3n) is 7.48. The van der Waals surface area contributed by atoms with Gasteiger partial charge in [0.15, 0.2) is 35.7 Å². The molecule has 10 atom stereocenters. The molecule has 0 amide bonds. The van der Waals surface area contributed by atoms with Crippen LogP contribution >= 0.6 is 37.1 Å². The van der Waals surface area contributed by atoms with Crippen LogP contribution in [0.4, 0.5) is 16.0 Å². The molecular weight excluding hydrogens is 715 g/mol. The molecule has 3 saturated heterocycles. The van der Waals surface area contributed by atoms with Crippen molar-refractivity contribution in [2.75, 3.05) is 31.8 Å². The zero-order chi connectivity index (χ0) is 32.5. The van der Waals surface area contributed by atoms with Crippen LogP contribution in [0, 0.1) is 0 Å². The van der Waals surface area contributed by atoms with E-state index in [1.54, 1.807) is 0 Å². The lowest BCUT2D eigenvalue weighted by Crippen LogP contribution is -2.38. The zero-order valence-electron chi connectivity index (χ0n) is 23.2. The Morgan fingerprint density at radius 2 is 1.74 bits per heavy atom. The van der Waals surface area contributed by atoms with Crippen LogP contribution in [0.3, 0.4) is 0 Å². The lowest BCUT2D eigenvalue weighted by molar-refractivity contribution is -0.0597. The van der Waals surface area contributed by atoms with E-state index in [1.807, 2.05) is 0 Å². The van der Waals surface area contributed by atoms with Crippen molar-refractivity contribution in [3.63, 3.8) is 0 Å². The first-order valence-corrected chi connectivity index (χ1v) is 19.3. The molecule has 19 nitrogen and oxygen atoms in total. The molecule has 4 aromatic rings. The van der Waals surface area contributed by atoms with E-state index in [2.05, 4.69) is 37.2 Å². The number of thiazole rings is 1. The van der Waals surface area contributed by atoms with Crippen molar-refractivity contribution in [3.8, 4) is 0 Å². The van der Waals surface area contributed by atoms with Gasteiger partial charge >= 0.3 is 18.4 Å². The largest absolute Gasteiger partial charge is 0.386 e. The van der Waals surface area contributed by atoms with Gasteiger partial charge in [0.25, 0.3) is 0 Å². The molecule has 0 aliphatic carbocycles. The van der Waals surface area contributed by atoms with Crippen LogP contribution in [0.2, 0.25) is 0 Å². The molecule has 3 fully saturated rings. The minimum atomic E-state index is -4.37. The quantitative estimate of drug-likeness (QED) is 0.170. The summed E-state index contributed by atoms with van der Waals surface area (Å²) >= 11 is 10.1. The lowest BCUT2D eigenvalue weighted by Gasteiger charge is -2.27. The first kappa shape index (κ1) is 32.3. The summed E-state index contributed by atoms with van der Waals surface area (Å²) in [5, 5.41) is 0. The number of ether oxygens (including phenoxy) is 3. The van der Waals surface area contributed by atoms with Crippen molar-refractivity contribution in [1.29, 1.82) is 0 Å². The molecule has 3 aliphatic rings. The molecule has 0 aromatic carbocycles. The molecule has 25 heteroatoms. The van der Waals surface area contributed by atoms with Gasteiger partial charge in [0.1, 0.15) is 59.2 Å². The number of rotatable bonds is 3. The van der Waals surface area contributed by atoms with Crippen molar-refractivity contribution in [1.82, 2.24) is 34.1 Å². The summed E-state index contributed by atoms with van der Waals surface area (Å²) in [6.45, 7) is -9.70. The van der Waals surface area contributed by atoms with Crippen molar-refractivity contribution in [3.05, 3.63) is 28.6 Å². The second-order valence-electron chi connectivity index (χ2n) is 10.2. The Hall–Kier alpha value is -2.24. The topological polar surface area (TPSA) is 245 Å². The van der Waals surface area contributed by atoms with Crippen molar-refractivity contribution < 1.29 is 46.2 Å². The predicted molar refractivity (Wildman–Crippen MR) is 164 cm³/mol. The molecule has 2 unspecified atom stereocenters. The van der Waals surface area contributed by atoms with Gasteiger partial charge in [0.2, 0.25) is 0 Å². The second kappa shape index (κ2) is 12.0. The van der Waals surface area contributed by atoms with Crippen LogP contribution in [-0.2, 0) is 48.7 Å². The Morgan fingerprint density at radius 1 is 1.04 bits per heavy atom. The fraction of sp³-hybridized carbons (Fsp3) is 0.524. The molecule has 0 saturated carbocycles. The highest BCUT2D eigenvalue weighted by molar-refractivity contribution is 8.44. The number of fused-ring (bicyclic) bond motifs is 5. The highest BCUT2D eigenvalue weighted by Crippen LogP contribution is 2.58. The van der Waals surface area contributed by atoms with Crippen molar-refractivity contribution >= 4 is 82.1 Å². The van der Waals surface area contributed by atoms with E-state index < -0.39 is 80.8 Å². The number of halogens is 1. The summed E-state index contributed by atoms with van der Waals surface area (Å²) in [6, 6.07) is 0. The maximum Gasteiger partial charge on any atom is 0.386 e. The van der Waals surface area contributed by atoms with Gasteiger partial charge in [-0.05, 0) is 11.8 Å². The summed E-state index contributed by atoms with van der Waals surface area (Å²) < 4.78 is 72.7. The first-order valence-electron chi connectivity index (χ1n) is 13.2. The summed E-state index contributed by atoms with van der Waals surface area (Å²) in [6.07, 6.45) is -7.57. The van der Waals surface area contributed by atoms with Crippen molar-refractivity contribution in [2.45, 2.75) is 49.1 Å². The molecule has 7 heterocycles. The number of hydrogen-bond acceptors (Lipinski definition) is 18. The average Bonchev–Trinajstić information content (AvgIpc) is 3.74. The maximum absolute atomic E-state index is 16.1. The van der Waals surface area contributed by atoms with Gasteiger partial charge in [-0.25, -0.2) is 33.9 Å². The van der Waals surface area contributed by atoms with Gasteiger partial charge in [-0.1, -0.05) is 23.6 Å². The van der Waals surface area contributed by atoms with Crippen LogP contribution in [0.15, 0.2) is 23.8 Å². The molecule has 248 valence electrons. The lowest BCUT2D eigenvalue weighted by atomic mass is 10.1. The normalized spacial score (nSPS) is 37.1. The van der Waals surface area contributed by atoms with Gasteiger partial charge in [-0.15, -0.1) is 0 Å².